The molecule has 1 aromatic carbocycles. The number of anilines is 1. The number of piperidine rings is 1. The third kappa shape index (κ3) is 3.09. The number of carbonyl (C=O) groups is 2. The molecule has 1 aliphatic carbocycles. The second kappa shape index (κ2) is 6.42. The molecule has 1 heterocycles. The molecule has 3 rings (SSSR count). The lowest BCUT2D eigenvalue weighted by Crippen LogP contribution is -2.48. The summed E-state index contributed by atoms with van der Waals surface area (Å²) < 4.78 is 18.7. The predicted molar refractivity (Wildman–Crippen MR) is 88.2 cm³/mol. The molecule has 1 aromatic rings. The maximum atomic E-state index is 14.0. The molecule has 130 valence electrons. The average Bonchev–Trinajstić information content (AvgIpc) is 3.39. The van der Waals surface area contributed by atoms with Crippen molar-refractivity contribution in [1.82, 2.24) is 5.32 Å². The third-order valence-corrected chi connectivity index (χ3v) is 5.03. The smallest absolute Gasteiger partial charge is 0.321 e. The number of ether oxygens (including phenoxy) is 1. The standard InChI is InChI=1S/C18H23FN2O3/c1-12-3-4-14(19)15(11-12)21-9-5-13(6-10-21)20-16(22)18(7-8-18)17(23)24-2/h3-4,11,13H,5-10H2,1-2H3,(H,20,22). The zero-order valence-electron chi connectivity index (χ0n) is 14.1. The van der Waals surface area contributed by atoms with E-state index in [0.29, 0.717) is 31.6 Å². The number of nitrogens with one attached hydrogen (secondary N) is 1. The lowest BCUT2D eigenvalue weighted by Gasteiger charge is -2.34. The van der Waals surface area contributed by atoms with E-state index in [-0.39, 0.29) is 17.8 Å². The van der Waals surface area contributed by atoms with Crippen molar-refractivity contribution >= 4 is 17.6 Å². The molecule has 5 nitrogen and oxygen atoms in total. The van der Waals surface area contributed by atoms with Crippen LogP contribution in [0.4, 0.5) is 10.1 Å². The predicted octanol–water partition coefficient (Wildman–Crippen LogP) is 2.17. The van der Waals surface area contributed by atoms with Gasteiger partial charge in [0.2, 0.25) is 5.91 Å². The van der Waals surface area contributed by atoms with Crippen LogP contribution in [0.1, 0.15) is 31.2 Å². The Hall–Kier alpha value is -2.11. The van der Waals surface area contributed by atoms with Crippen molar-refractivity contribution in [3.05, 3.63) is 29.6 Å². The Morgan fingerprint density at radius 2 is 1.96 bits per heavy atom. The van der Waals surface area contributed by atoms with E-state index in [2.05, 4.69) is 5.32 Å². The maximum absolute atomic E-state index is 14.0. The van der Waals surface area contributed by atoms with Crippen molar-refractivity contribution in [3.8, 4) is 0 Å². The number of amides is 1. The highest BCUT2D eigenvalue weighted by Gasteiger charge is 2.58. The monoisotopic (exact) mass is 334 g/mol. The molecule has 0 radical (unpaired) electrons. The Morgan fingerprint density at radius 3 is 2.54 bits per heavy atom. The summed E-state index contributed by atoms with van der Waals surface area (Å²) in [5, 5.41) is 2.97. The molecule has 0 spiro atoms. The zero-order chi connectivity index (χ0) is 17.3. The van der Waals surface area contributed by atoms with Crippen molar-refractivity contribution < 1.29 is 18.7 Å². The zero-order valence-corrected chi connectivity index (χ0v) is 14.1. The topological polar surface area (TPSA) is 58.6 Å². The molecule has 0 unspecified atom stereocenters. The van der Waals surface area contributed by atoms with Crippen molar-refractivity contribution in [3.63, 3.8) is 0 Å². The van der Waals surface area contributed by atoms with Crippen LogP contribution in [0, 0.1) is 18.2 Å². The number of esters is 1. The Balaban J connectivity index is 1.57. The summed E-state index contributed by atoms with van der Waals surface area (Å²) in [7, 11) is 1.31. The van der Waals surface area contributed by atoms with E-state index in [1.807, 2.05) is 17.9 Å². The van der Waals surface area contributed by atoms with Gasteiger partial charge >= 0.3 is 5.97 Å². The van der Waals surface area contributed by atoms with Gasteiger partial charge in [0, 0.05) is 19.1 Å². The number of hydrogen-bond acceptors (Lipinski definition) is 4. The first-order valence-corrected chi connectivity index (χ1v) is 8.37. The number of rotatable bonds is 4. The van der Waals surface area contributed by atoms with Gasteiger partial charge < -0.3 is 15.0 Å². The molecule has 2 aliphatic rings. The first-order valence-electron chi connectivity index (χ1n) is 8.37. The largest absolute Gasteiger partial charge is 0.468 e. The van der Waals surface area contributed by atoms with Gasteiger partial charge in [0.1, 0.15) is 11.2 Å². The lowest BCUT2D eigenvalue weighted by atomic mass is 10.0. The molecule has 0 aromatic heterocycles. The summed E-state index contributed by atoms with van der Waals surface area (Å²) in [6.07, 6.45) is 2.57. The van der Waals surface area contributed by atoms with Gasteiger partial charge in [-0.1, -0.05) is 6.07 Å². The number of halogens is 1. The highest BCUT2D eigenvalue weighted by atomic mass is 19.1. The molecule has 0 bridgehead atoms. The van der Waals surface area contributed by atoms with Crippen LogP contribution < -0.4 is 10.2 Å². The number of hydrogen-bond donors (Lipinski definition) is 1. The number of nitrogens with zero attached hydrogens (tertiary/aromatic N) is 1. The van der Waals surface area contributed by atoms with Crippen LogP contribution in [0.15, 0.2) is 18.2 Å². The molecule has 1 amide bonds. The SMILES string of the molecule is COC(=O)C1(C(=O)NC2CCN(c3cc(C)ccc3F)CC2)CC1. The summed E-state index contributed by atoms with van der Waals surface area (Å²) >= 11 is 0. The fourth-order valence-electron chi connectivity index (χ4n) is 3.30. The molecule has 1 N–H and O–H groups in total. The molecule has 24 heavy (non-hydrogen) atoms. The van der Waals surface area contributed by atoms with Gasteiger partial charge in [-0.05, 0) is 50.3 Å². The van der Waals surface area contributed by atoms with Gasteiger partial charge in [-0.25, -0.2) is 4.39 Å². The van der Waals surface area contributed by atoms with Gasteiger partial charge in [0.05, 0.1) is 12.8 Å². The maximum Gasteiger partial charge on any atom is 0.321 e. The van der Waals surface area contributed by atoms with E-state index in [1.54, 1.807) is 6.07 Å². The van der Waals surface area contributed by atoms with E-state index < -0.39 is 11.4 Å². The average molecular weight is 334 g/mol. The molecular formula is C18H23FN2O3. The van der Waals surface area contributed by atoms with Crippen LogP contribution in [-0.4, -0.2) is 38.1 Å². The fourth-order valence-corrected chi connectivity index (χ4v) is 3.30. The lowest BCUT2D eigenvalue weighted by molar-refractivity contribution is -0.152. The van der Waals surface area contributed by atoms with E-state index >= 15 is 0 Å². The molecule has 1 saturated carbocycles. The van der Waals surface area contributed by atoms with Crippen molar-refractivity contribution in [1.29, 1.82) is 0 Å². The molecule has 1 saturated heterocycles. The van der Waals surface area contributed by atoms with Crippen LogP contribution >= 0.6 is 0 Å². The molecule has 2 fully saturated rings. The van der Waals surface area contributed by atoms with Gasteiger partial charge in [-0.3, -0.25) is 9.59 Å². The van der Waals surface area contributed by atoms with E-state index in [1.165, 1.54) is 13.2 Å². The minimum Gasteiger partial charge on any atom is -0.468 e. The summed E-state index contributed by atoms with van der Waals surface area (Å²) in [5.74, 6) is -0.889. The summed E-state index contributed by atoms with van der Waals surface area (Å²) in [4.78, 5) is 26.1. The molecule has 6 heteroatoms. The number of aryl methyl sites for hydroxylation is 1. The van der Waals surface area contributed by atoms with E-state index in [9.17, 15) is 14.0 Å². The third-order valence-electron chi connectivity index (χ3n) is 5.03. The Bertz CT molecular complexity index is 650. The van der Waals surface area contributed by atoms with E-state index in [0.717, 1.165) is 18.4 Å². The number of carbonyl (C=O) groups excluding carboxylic acids is 2. The van der Waals surface area contributed by atoms with Crippen LogP contribution in [-0.2, 0) is 14.3 Å². The fraction of sp³-hybridized carbons (Fsp3) is 0.556. The minimum atomic E-state index is -0.964. The van der Waals surface area contributed by atoms with Gasteiger partial charge in [0.15, 0.2) is 0 Å². The van der Waals surface area contributed by atoms with Crippen LogP contribution in [0.5, 0.6) is 0 Å². The second-order valence-electron chi connectivity index (χ2n) is 6.76. The summed E-state index contributed by atoms with van der Waals surface area (Å²) in [5.41, 5.74) is 0.678. The Labute approximate surface area is 141 Å². The number of benzene rings is 1. The molecule has 0 atom stereocenters. The van der Waals surface area contributed by atoms with Crippen molar-refractivity contribution in [2.75, 3.05) is 25.1 Å². The summed E-state index contributed by atoms with van der Waals surface area (Å²) in [6.45, 7) is 3.30. The Kier molecular flexibility index (Phi) is 4.47. The van der Waals surface area contributed by atoms with Gasteiger partial charge in [-0.2, -0.15) is 0 Å². The summed E-state index contributed by atoms with van der Waals surface area (Å²) in [6, 6.07) is 5.12. The minimum absolute atomic E-state index is 0.0174. The highest BCUT2D eigenvalue weighted by Crippen LogP contribution is 2.47. The second-order valence-corrected chi connectivity index (χ2v) is 6.76. The first-order chi connectivity index (χ1) is 11.5. The van der Waals surface area contributed by atoms with Gasteiger partial charge in [-0.15, -0.1) is 0 Å². The quantitative estimate of drug-likeness (QED) is 0.677. The van der Waals surface area contributed by atoms with Crippen LogP contribution in [0.3, 0.4) is 0 Å². The first kappa shape index (κ1) is 16.7. The highest BCUT2D eigenvalue weighted by molar-refractivity contribution is 6.05. The van der Waals surface area contributed by atoms with E-state index in [4.69, 9.17) is 4.74 Å². The van der Waals surface area contributed by atoms with Crippen molar-refractivity contribution in [2.24, 2.45) is 5.41 Å². The normalized spacial score (nSPS) is 19.7. The molecular weight excluding hydrogens is 311 g/mol. The van der Waals surface area contributed by atoms with Gasteiger partial charge in [0.25, 0.3) is 0 Å². The van der Waals surface area contributed by atoms with Crippen molar-refractivity contribution in [2.45, 2.75) is 38.6 Å². The Morgan fingerprint density at radius 1 is 1.29 bits per heavy atom. The van der Waals surface area contributed by atoms with Crippen LogP contribution in [0.2, 0.25) is 0 Å². The molecule has 1 aliphatic heterocycles. The number of methoxy groups -OCH3 is 1. The van der Waals surface area contributed by atoms with Crippen LogP contribution in [0.25, 0.3) is 0 Å².